The van der Waals surface area contributed by atoms with Gasteiger partial charge in [-0.15, -0.1) is 0 Å². The smallest absolute Gasteiger partial charge is 0.417 e. The van der Waals surface area contributed by atoms with Crippen molar-refractivity contribution in [3.63, 3.8) is 0 Å². The van der Waals surface area contributed by atoms with Crippen LogP contribution >= 0.6 is 0 Å². The van der Waals surface area contributed by atoms with E-state index in [4.69, 9.17) is 8.83 Å². The van der Waals surface area contributed by atoms with Crippen molar-refractivity contribution in [2.45, 2.75) is 19.9 Å². The molecular weight excluding hydrogens is 256 g/mol. The predicted molar refractivity (Wildman–Crippen MR) is 75.8 cm³/mol. The van der Waals surface area contributed by atoms with Crippen molar-refractivity contribution in [3.8, 4) is 0 Å². The Bertz CT molecular complexity index is 782. The van der Waals surface area contributed by atoms with Crippen molar-refractivity contribution < 1.29 is 8.83 Å². The van der Waals surface area contributed by atoms with E-state index in [1.165, 1.54) is 0 Å². The van der Waals surface area contributed by atoms with Gasteiger partial charge in [0.2, 0.25) is 0 Å². The summed E-state index contributed by atoms with van der Waals surface area (Å²) in [7, 11) is 0. The van der Waals surface area contributed by atoms with Crippen molar-refractivity contribution in [3.05, 3.63) is 58.0 Å². The van der Waals surface area contributed by atoms with Gasteiger partial charge in [-0.3, -0.25) is 4.98 Å². The van der Waals surface area contributed by atoms with E-state index in [0.717, 1.165) is 23.6 Å². The third kappa shape index (κ3) is 2.28. The molecule has 3 rings (SSSR count). The van der Waals surface area contributed by atoms with Crippen molar-refractivity contribution in [1.82, 2.24) is 10.3 Å². The molecule has 1 atom stereocenters. The van der Waals surface area contributed by atoms with E-state index in [9.17, 15) is 4.79 Å². The molecule has 0 spiro atoms. The second-order valence-corrected chi connectivity index (χ2v) is 4.71. The Hall–Kier alpha value is -2.27. The molecule has 0 radical (unpaired) electrons. The fourth-order valence-corrected chi connectivity index (χ4v) is 2.34. The summed E-state index contributed by atoms with van der Waals surface area (Å²) in [4.78, 5) is 13.8. The molecule has 1 unspecified atom stereocenters. The lowest BCUT2D eigenvalue weighted by Crippen LogP contribution is -2.21. The predicted octanol–water partition coefficient (Wildman–Crippen LogP) is 2.72. The molecule has 5 heteroatoms. The maximum Gasteiger partial charge on any atom is 0.417 e. The zero-order valence-electron chi connectivity index (χ0n) is 11.4. The van der Waals surface area contributed by atoms with Gasteiger partial charge in [0.15, 0.2) is 5.58 Å². The zero-order chi connectivity index (χ0) is 14.1. The second kappa shape index (κ2) is 5.02. The summed E-state index contributed by atoms with van der Waals surface area (Å²) in [6.45, 7) is 4.76. The van der Waals surface area contributed by atoms with Crippen LogP contribution in [0.2, 0.25) is 0 Å². The quantitative estimate of drug-likeness (QED) is 0.766. The summed E-state index contributed by atoms with van der Waals surface area (Å²) in [5.41, 5.74) is 2.25. The van der Waals surface area contributed by atoms with Crippen LogP contribution in [0.15, 0.2) is 44.0 Å². The molecular formula is C15H16N2O3. The minimum atomic E-state index is -0.439. The number of aromatic amines is 1. The van der Waals surface area contributed by atoms with Crippen LogP contribution in [0.3, 0.4) is 0 Å². The number of oxazole rings is 1. The molecule has 0 aliphatic rings. The van der Waals surface area contributed by atoms with Gasteiger partial charge in [-0.2, -0.15) is 0 Å². The minimum Gasteiger partial charge on any atom is -0.464 e. The van der Waals surface area contributed by atoms with E-state index < -0.39 is 5.76 Å². The standard InChI is InChI=1S/C15H16N2O3/c1-3-16-14(12-7-4-9(2)19-12)10-5-6-11-13(8-10)20-15(18)17-11/h4-8,14,16H,3H2,1-2H3,(H,17,18). The van der Waals surface area contributed by atoms with Gasteiger partial charge < -0.3 is 14.2 Å². The van der Waals surface area contributed by atoms with E-state index in [1.54, 1.807) is 0 Å². The normalized spacial score (nSPS) is 12.9. The number of nitrogens with one attached hydrogen (secondary N) is 2. The Labute approximate surface area is 115 Å². The summed E-state index contributed by atoms with van der Waals surface area (Å²) in [5.74, 6) is 1.28. The number of H-pyrrole nitrogens is 1. The Morgan fingerprint density at radius 3 is 2.80 bits per heavy atom. The summed E-state index contributed by atoms with van der Waals surface area (Å²) in [6, 6.07) is 9.50. The lowest BCUT2D eigenvalue weighted by Gasteiger charge is -2.15. The zero-order valence-corrected chi connectivity index (χ0v) is 11.4. The highest BCUT2D eigenvalue weighted by molar-refractivity contribution is 5.73. The molecule has 3 aromatic rings. The van der Waals surface area contributed by atoms with Crippen LogP contribution in [0.25, 0.3) is 11.1 Å². The first-order valence-corrected chi connectivity index (χ1v) is 6.60. The molecule has 0 bridgehead atoms. The number of hydrogen-bond acceptors (Lipinski definition) is 4. The van der Waals surface area contributed by atoms with E-state index >= 15 is 0 Å². The molecule has 2 N–H and O–H groups in total. The second-order valence-electron chi connectivity index (χ2n) is 4.71. The highest BCUT2D eigenvalue weighted by Crippen LogP contribution is 2.26. The Morgan fingerprint density at radius 2 is 2.10 bits per heavy atom. The lowest BCUT2D eigenvalue weighted by molar-refractivity contribution is 0.435. The van der Waals surface area contributed by atoms with Gasteiger partial charge in [-0.05, 0) is 43.3 Å². The monoisotopic (exact) mass is 272 g/mol. The average molecular weight is 272 g/mol. The van der Waals surface area contributed by atoms with Gasteiger partial charge in [0, 0.05) is 0 Å². The van der Waals surface area contributed by atoms with Gasteiger partial charge in [0.25, 0.3) is 0 Å². The van der Waals surface area contributed by atoms with E-state index in [-0.39, 0.29) is 6.04 Å². The first kappa shape index (κ1) is 12.7. The molecule has 5 nitrogen and oxygen atoms in total. The van der Waals surface area contributed by atoms with Crippen LogP contribution in [0.5, 0.6) is 0 Å². The van der Waals surface area contributed by atoms with Crippen LogP contribution in [-0.4, -0.2) is 11.5 Å². The number of hydrogen-bond donors (Lipinski definition) is 2. The van der Waals surface area contributed by atoms with Crippen molar-refractivity contribution in [1.29, 1.82) is 0 Å². The topological polar surface area (TPSA) is 71.2 Å². The number of benzene rings is 1. The highest BCUT2D eigenvalue weighted by Gasteiger charge is 2.17. The van der Waals surface area contributed by atoms with E-state index in [0.29, 0.717) is 11.1 Å². The number of aryl methyl sites for hydroxylation is 1. The molecule has 0 saturated carbocycles. The lowest BCUT2D eigenvalue weighted by atomic mass is 10.0. The van der Waals surface area contributed by atoms with Crippen molar-refractivity contribution >= 4 is 11.1 Å². The molecule has 0 aliphatic heterocycles. The summed E-state index contributed by atoms with van der Waals surface area (Å²) >= 11 is 0. The third-order valence-electron chi connectivity index (χ3n) is 3.23. The molecule has 0 saturated heterocycles. The fraction of sp³-hybridized carbons (Fsp3) is 0.267. The van der Waals surface area contributed by atoms with Gasteiger partial charge in [-0.1, -0.05) is 13.0 Å². The van der Waals surface area contributed by atoms with Crippen LogP contribution in [0.1, 0.15) is 30.0 Å². The van der Waals surface area contributed by atoms with Gasteiger partial charge in [0.1, 0.15) is 11.5 Å². The van der Waals surface area contributed by atoms with E-state index in [2.05, 4.69) is 10.3 Å². The molecule has 1 aromatic carbocycles. The Kier molecular flexibility index (Phi) is 3.20. The van der Waals surface area contributed by atoms with Crippen molar-refractivity contribution in [2.75, 3.05) is 6.54 Å². The van der Waals surface area contributed by atoms with Gasteiger partial charge >= 0.3 is 5.76 Å². The number of fused-ring (bicyclic) bond motifs is 1. The average Bonchev–Trinajstić information content (AvgIpc) is 3.00. The van der Waals surface area contributed by atoms with Gasteiger partial charge in [0.05, 0.1) is 11.6 Å². The minimum absolute atomic E-state index is 0.0571. The number of aromatic nitrogens is 1. The van der Waals surface area contributed by atoms with Crippen LogP contribution in [0, 0.1) is 6.92 Å². The SMILES string of the molecule is CCNC(c1ccc2[nH]c(=O)oc2c1)c1ccc(C)o1. The first-order valence-electron chi connectivity index (χ1n) is 6.60. The van der Waals surface area contributed by atoms with Crippen LogP contribution < -0.4 is 11.1 Å². The summed E-state index contributed by atoms with van der Waals surface area (Å²) < 4.78 is 10.8. The molecule has 0 fully saturated rings. The molecule has 2 aromatic heterocycles. The largest absolute Gasteiger partial charge is 0.464 e. The van der Waals surface area contributed by atoms with Crippen LogP contribution in [0.4, 0.5) is 0 Å². The van der Waals surface area contributed by atoms with Gasteiger partial charge in [-0.25, -0.2) is 4.79 Å². The molecule has 2 heterocycles. The maximum atomic E-state index is 11.2. The molecule has 20 heavy (non-hydrogen) atoms. The molecule has 0 amide bonds. The Balaban J connectivity index is 2.06. The first-order chi connectivity index (χ1) is 9.67. The summed E-state index contributed by atoms with van der Waals surface area (Å²) in [5, 5.41) is 3.38. The highest BCUT2D eigenvalue weighted by atomic mass is 16.4. The number of rotatable bonds is 4. The third-order valence-corrected chi connectivity index (χ3v) is 3.23. The Morgan fingerprint density at radius 1 is 1.25 bits per heavy atom. The van der Waals surface area contributed by atoms with Crippen LogP contribution in [-0.2, 0) is 0 Å². The fourth-order valence-electron chi connectivity index (χ4n) is 2.34. The molecule has 0 aliphatic carbocycles. The van der Waals surface area contributed by atoms with Crippen molar-refractivity contribution in [2.24, 2.45) is 0 Å². The number of furan rings is 1. The summed E-state index contributed by atoms with van der Waals surface area (Å²) in [6.07, 6.45) is 0. The maximum absolute atomic E-state index is 11.2. The van der Waals surface area contributed by atoms with E-state index in [1.807, 2.05) is 44.2 Å². The molecule has 104 valence electrons.